The van der Waals surface area contributed by atoms with Gasteiger partial charge in [-0.3, -0.25) is 4.79 Å². The molecule has 0 aliphatic carbocycles. The van der Waals surface area contributed by atoms with E-state index in [4.69, 9.17) is 11.6 Å². The highest BCUT2D eigenvalue weighted by molar-refractivity contribution is 14.1. The molecule has 0 heterocycles. The Hall–Kier alpha value is 0.390. The van der Waals surface area contributed by atoms with Crippen LogP contribution in [-0.2, 0) is 11.2 Å². The van der Waals surface area contributed by atoms with E-state index < -0.39 is 0 Å². The van der Waals surface area contributed by atoms with E-state index in [-0.39, 0.29) is 16.5 Å². The molecule has 0 aliphatic heterocycles. The number of benzene rings is 1. The molecule has 1 unspecified atom stereocenters. The standard InChI is InChI=1S/C12H13BrClIO/c1-7(2)12(16)10(13)5-8-3-4-9(14)6-11(8)15/h3-4,6-7,10H,5H2,1-2H3. The maximum Gasteiger partial charge on any atom is 0.149 e. The number of ketones is 1. The lowest BCUT2D eigenvalue weighted by Gasteiger charge is -2.12. The highest BCUT2D eigenvalue weighted by atomic mass is 127. The number of hydrogen-bond donors (Lipinski definition) is 0. The van der Waals surface area contributed by atoms with Crippen LogP contribution in [0.25, 0.3) is 0 Å². The van der Waals surface area contributed by atoms with E-state index in [2.05, 4.69) is 38.5 Å². The van der Waals surface area contributed by atoms with Gasteiger partial charge in [0.15, 0.2) is 0 Å². The minimum Gasteiger partial charge on any atom is -0.298 e. The van der Waals surface area contributed by atoms with Crippen molar-refractivity contribution in [2.24, 2.45) is 5.92 Å². The topological polar surface area (TPSA) is 17.1 Å². The summed E-state index contributed by atoms with van der Waals surface area (Å²) in [7, 11) is 0. The molecular formula is C12H13BrClIO. The molecule has 0 saturated carbocycles. The van der Waals surface area contributed by atoms with Crippen LogP contribution in [0.3, 0.4) is 0 Å². The number of halogens is 3. The van der Waals surface area contributed by atoms with Crippen molar-refractivity contribution in [2.45, 2.75) is 25.1 Å². The number of carbonyl (C=O) groups excluding carboxylic acids is 1. The minimum absolute atomic E-state index is 0.0642. The van der Waals surface area contributed by atoms with Crippen molar-refractivity contribution >= 4 is 55.9 Å². The van der Waals surface area contributed by atoms with Gasteiger partial charge in [0.05, 0.1) is 4.83 Å². The molecule has 0 spiro atoms. The Morgan fingerprint density at radius 1 is 1.50 bits per heavy atom. The molecule has 0 fully saturated rings. The van der Waals surface area contributed by atoms with Crippen molar-refractivity contribution in [2.75, 3.05) is 0 Å². The summed E-state index contributed by atoms with van der Waals surface area (Å²) in [6, 6.07) is 5.75. The fourth-order valence-corrected chi connectivity index (χ4v) is 3.31. The van der Waals surface area contributed by atoms with Crippen LogP contribution in [0.2, 0.25) is 5.02 Å². The van der Waals surface area contributed by atoms with Gasteiger partial charge >= 0.3 is 0 Å². The first-order valence-electron chi connectivity index (χ1n) is 5.03. The summed E-state index contributed by atoms with van der Waals surface area (Å²) < 4.78 is 1.10. The zero-order valence-corrected chi connectivity index (χ0v) is 13.6. The zero-order valence-electron chi connectivity index (χ0n) is 9.14. The monoisotopic (exact) mass is 414 g/mol. The average molecular weight is 415 g/mol. The molecule has 1 nitrogen and oxygen atoms in total. The SMILES string of the molecule is CC(C)C(=O)C(Br)Cc1ccc(Cl)cc1I. The first-order valence-corrected chi connectivity index (χ1v) is 7.40. The predicted octanol–water partition coefficient (Wildman–Crippen LogP) is 4.48. The van der Waals surface area contributed by atoms with E-state index in [1.807, 2.05) is 32.0 Å². The molecule has 0 bridgehead atoms. The first kappa shape index (κ1) is 14.5. The summed E-state index contributed by atoms with van der Waals surface area (Å²) in [5.74, 6) is 0.306. The fourth-order valence-electron chi connectivity index (χ4n) is 1.34. The lowest BCUT2D eigenvalue weighted by Crippen LogP contribution is -2.22. The summed E-state index contributed by atoms with van der Waals surface area (Å²) in [5, 5.41) is 0.731. The van der Waals surface area contributed by atoms with Crippen LogP contribution in [0.4, 0.5) is 0 Å². The molecule has 0 amide bonds. The third kappa shape index (κ3) is 4.00. The van der Waals surface area contributed by atoms with Crippen LogP contribution in [0.5, 0.6) is 0 Å². The van der Waals surface area contributed by atoms with Crippen molar-refractivity contribution in [1.82, 2.24) is 0 Å². The molecule has 1 aromatic rings. The highest BCUT2D eigenvalue weighted by Gasteiger charge is 2.19. The van der Waals surface area contributed by atoms with Crippen molar-refractivity contribution in [3.63, 3.8) is 0 Å². The fraction of sp³-hybridized carbons (Fsp3) is 0.417. The minimum atomic E-state index is -0.109. The maximum absolute atomic E-state index is 11.8. The zero-order chi connectivity index (χ0) is 12.3. The largest absolute Gasteiger partial charge is 0.298 e. The molecule has 0 aliphatic rings. The van der Waals surface area contributed by atoms with Crippen molar-refractivity contribution in [3.8, 4) is 0 Å². The Balaban J connectivity index is 2.77. The Bertz CT molecular complexity index is 393. The van der Waals surface area contributed by atoms with Crippen molar-refractivity contribution in [3.05, 3.63) is 32.4 Å². The molecule has 88 valence electrons. The molecule has 1 rings (SSSR count). The van der Waals surface area contributed by atoms with E-state index in [1.54, 1.807) is 0 Å². The number of carbonyl (C=O) groups is 1. The van der Waals surface area contributed by atoms with E-state index in [9.17, 15) is 4.79 Å². The van der Waals surface area contributed by atoms with E-state index in [1.165, 1.54) is 0 Å². The second-order valence-electron chi connectivity index (χ2n) is 3.96. The van der Waals surface area contributed by atoms with E-state index in [0.717, 1.165) is 14.2 Å². The molecule has 0 radical (unpaired) electrons. The Morgan fingerprint density at radius 2 is 2.12 bits per heavy atom. The number of rotatable bonds is 4. The maximum atomic E-state index is 11.8. The summed E-state index contributed by atoms with van der Waals surface area (Å²) in [5.41, 5.74) is 1.15. The average Bonchev–Trinajstić information content (AvgIpc) is 2.20. The van der Waals surface area contributed by atoms with Crippen LogP contribution in [0.15, 0.2) is 18.2 Å². The number of Topliss-reactive ketones (excluding diaryl/α,β-unsaturated/α-hetero) is 1. The van der Waals surface area contributed by atoms with E-state index >= 15 is 0 Å². The van der Waals surface area contributed by atoms with Gasteiger partial charge in [-0.05, 0) is 46.7 Å². The number of alkyl halides is 1. The second kappa shape index (κ2) is 6.36. The van der Waals surface area contributed by atoms with E-state index in [0.29, 0.717) is 6.42 Å². The lowest BCUT2D eigenvalue weighted by molar-refractivity contribution is -0.121. The van der Waals surface area contributed by atoms with Gasteiger partial charge in [0.1, 0.15) is 5.78 Å². The van der Waals surface area contributed by atoms with Crippen LogP contribution in [0, 0.1) is 9.49 Å². The summed E-state index contributed by atoms with van der Waals surface area (Å²) in [6.07, 6.45) is 0.715. The summed E-state index contributed by atoms with van der Waals surface area (Å²) >= 11 is 11.6. The third-order valence-electron chi connectivity index (χ3n) is 2.29. The molecular weight excluding hydrogens is 402 g/mol. The predicted molar refractivity (Wildman–Crippen MR) is 80.4 cm³/mol. The van der Waals surface area contributed by atoms with Gasteiger partial charge in [0.2, 0.25) is 0 Å². The molecule has 16 heavy (non-hydrogen) atoms. The molecule has 1 aromatic carbocycles. The number of hydrogen-bond acceptors (Lipinski definition) is 1. The third-order valence-corrected chi connectivity index (χ3v) is 4.31. The summed E-state index contributed by atoms with van der Waals surface area (Å²) in [6.45, 7) is 3.84. The molecule has 0 aromatic heterocycles. The Kier molecular flexibility index (Phi) is 5.74. The quantitative estimate of drug-likeness (QED) is 0.524. The summed E-state index contributed by atoms with van der Waals surface area (Å²) in [4.78, 5) is 11.6. The van der Waals surface area contributed by atoms with Gasteiger partial charge in [-0.25, -0.2) is 0 Å². The van der Waals surface area contributed by atoms with Crippen molar-refractivity contribution < 1.29 is 4.79 Å². The molecule has 4 heteroatoms. The van der Waals surface area contributed by atoms with Crippen LogP contribution >= 0.6 is 50.1 Å². The molecule has 0 saturated heterocycles. The Morgan fingerprint density at radius 3 is 2.62 bits per heavy atom. The first-order chi connectivity index (χ1) is 7.41. The van der Waals surface area contributed by atoms with Gasteiger partial charge in [-0.2, -0.15) is 0 Å². The van der Waals surface area contributed by atoms with Crippen molar-refractivity contribution in [1.29, 1.82) is 0 Å². The van der Waals surface area contributed by atoms with Crippen LogP contribution in [-0.4, -0.2) is 10.6 Å². The molecule has 1 atom stereocenters. The van der Waals surface area contributed by atoms with Gasteiger partial charge in [-0.15, -0.1) is 0 Å². The Labute approximate surface area is 123 Å². The van der Waals surface area contributed by atoms with Crippen LogP contribution in [0.1, 0.15) is 19.4 Å². The van der Waals surface area contributed by atoms with Crippen LogP contribution < -0.4 is 0 Å². The normalized spacial score (nSPS) is 12.9. The lowest BCUT2D eigenvalue weighted by atomic mass is 10.0. The van der Waals surface area contributed by atoms with Gasteiger partial charge in [0, 0.05) is 14.5 Å². The highest BCUT2D eigenvalue weighted by Crippen LogP contribution is 2.22. The van der Waals surface area contributed by atoms with Gasteiger partial charge in [0.25, 0.3) is 0 Å². The van der Waals surface area contributed by atoms with Gasteiger partial charge < -0.3 is 0 Å². The molecule has 0 N–H and O–H groups in total. The van der Waals surface area contributed by atoms with Gasteiger partial charge in [-0.1, -0.05) is 47.4 Å². The second-order valence-corrected chi connectivity index (χ2v) is 6.67. The smallest absolute Gasteiger partial charge is 0.149 e.